The first kappa shape index (κ1) is 20.7. The van der Waals surface area contributed by atoms with E-state index < -0.39 is 6.10 Å². The Bertz CT molecular complexity index is 573. The highest BCUT2D eigenvalue weighted by molar-refractivity contribution is 5.69. The largest absolute Gasteiger partial charge is 0.469 e. The molecule has 1 unspecified atom stereocenters. The molecule has 0 fully saturated rings. The van der Waals surface area contributed by atoms with Crippen molar-refractivity contribution in [2.24, 2.45) is 0 Å². The molecule has 1 N–H and O–H groups in total. The van der Waals surface area contributed by atoms with Gasteiger partial charge in [0.15, 0.2) is 0 Å². The summed E-state index contributed by atoms with van der Waals surface area (Å²) < 4.78 is 4.50. The first-order valence-electron chi connectivity index (χ1n) is 7.78. The second-order valence-corrected chi connectivity index (χ2v) is 4.67. The smallest absolute Gasteiger partial charge is 0.305 e. The van der Waals surface area contributed by atoms with E-state index in [2.05, 4.69) is 59.0 Å². The number of esters is 1. The van der Waals surface area contributed by atoms with Crippen LogP contribution in [-0.2, 0) is 9.53 Å². The zero-order valence-corrected chi connectivity index (χ0v) is 14.0. The Morgan fingerprint density at radius 1 is 0.957 bits per heavy atom. The van der Waals surface area contributed by atoms with E-state index in [1.54, 1.807) is 0 Å². The van der Waals surface area contributed by atoms with Crippen molar-refractivity contribution in [1.29, 1.82) is 0 Å². The molecule has 0 aliphatic rings. The van der Waals surface area contributed by atoms with Crippen molar-refractivity contribution in [3.63, 3.8) is 0 Å². The number of aliphatic hydroxyl groups excluding tert-OH is 1. The number of carbonyl (C=O) groups is 1. The third-order valence-electron chi connectivity index (χ3n) is 2.65. The fourth-order valence-electron chi connectivity index (χ4n) is 1.40. The van der Waals surface area contributed by atoms with Crippen molar-refractivity contribution < 1.29 is 14.6 Å². The maximum Gasteiger partial charge on any atom is 0.305 e. The van der Waals surface area contributed by atoms with Crippen molar-refractivity contribution >= 4 is 5.97 Å². The van der Waals surface area contributed by atoms with Crippen LogP contribution in [0.4, 0.5) is 0 Å². The van der Waals surface area contributed by atoms with Gasteiger partial charge < -0.3 is 9.84 Å². The monoisotopic (exact) mass is 312 g/mol. The lowest BCUT2D eigenvalue weighted by molar-refractivity contribution is -0.141. The van der Waals surface area contributed by atoms with Crippen LogP contribution in [-0.4, -0.2) is 24.3 Å². The van der Waals surface area contributed by atoms with Gasteiger partial charge in [-0.2, -0.15) is 0 Å². The zero-order chi connectivity index (χ0) is 17.2. The van der Waals surface area contributed by atoms with Crippen molar-refractivity contribution in [1.82, 2.24) is 0 Å². The van der Waals surface area contributed by atoms with Crippen LogP contribution in [0.5, 0.6) is 0 Å². The molecule has 0 radical (unpaired) electrons. The van der Waals surface area contributed by atoms with Gasteiger partial charge in [-0.15, -0.1) is 5.92 Å². The number of rotatable bonds is 5. The van der Waals surface area contributed by atoms with E-state index >= 15 is 0 Å². The summed E-state index contributed by atoms with van der Waals surface area (Å²) in [4.78, 5) is 10.9. The van der Waals surface area contributed by atoms with E-state index in [1.165, 1.54) is 7.11 Å². The van der Waals surface area contributed by atoms with E-state index in [0.29, 0.717) is 32.1 Å². The normalized spacial score (nSPS) is 9.52. The maximum atomic E-state index is 10.9. The van der Waals surface area contributed by atoms with Crippen LogP contribution in [0.1, 0.15) is 58.3 Å². The minimum absolute atomic E-state index is 0.209. The fourth-order valence-corrected chi connectivity index (χ4v) is 1.40. The summed E-state index contributed by atoms with van der Waals surface area (Å²) in [5, 5.41) is 9.60. The van der Waals surface area contributed by atoms with Crippen LogP contribution < -0.4 is 0 Å². The molecule has 0 saturated heterocycles. The average Bonchev–Trinajstić information content (AvgIpc) is 2.56. The third kappa shape index (κ3) is 15.9. The number of carbonyl (C=O) groups excluding carboxylic acids is 1. The molecule has 1 atom stereocenters. The van der Waals surface area contributed by atoms with Crippen molar-refractivity contribution in [3.8, 4) is 47.4 Å². The molecule has 0 aliphatic carbocycles. The van der Waals surface area contributed by atoms with Crippen LogP contribution in [0.2, 0.25) is 0 Å². The average molecular weight is 312 g/mol. The van der Waals surface area contributed by atoms with Gasteiger partial charge in [0, 0.05) is 19.3 Å². The van der Waals surface area contributed by atoms with E-state index in [-0.39, 0.29) is 12.4 Å². The molecule has 0 aromatic rings. The first-order valence-corrected chi connectivity index (χ1v) is 7.78. The minimum atomic E-state index is -0.603. The summed E-state index contributed by atoms with van der Waals surface area (Å²) in [6.45, 7) is 2.10. The highest BCUT2D eigenvalue weighted by atomic mass is 16.5. The van der Waals surface area contributed by atoms with Gasteiger partial charge >= 0.3 is 5.97 Å². The Kier molecular flexibility index (Phi) is 14.4. The predicted octanol–water partition coefficient (Wildman–Crippen LogP) is 2.67. The number of methoxy groups -OCH3 is 1. The van der Waals surface area contributed by atoms with E-state index in [9.17, 15) is 9.90 Å². The van der Waals surface area contributed by atoms with Crippen molar-refractivity contribution in [3.05, 3.63) is 0 Å². The summed E-state index contributed by atoms with van der Waals surface area (Å²) in [6.07, 6.45) is 3.91. The van der Waals surface area contributed by atoms with Crippen LogP contribution >= 0.6 is 0 Å². The van der Waals surface area contributed by atoms with E-state index in [1.807, 2.05) is 0 Å². The van der Waals surface area contributed by atoms with E-state index in [4.69, 9.17) is 0 Å². The van der Waals surface area contributed by atoms with Gasteiger partial charge in [0.1, 0.15) is 0 Å². The molecular formula is C20H24O3. The highest BCUT2D eigenvalue weighted by Gasteiger charge is 2.06. The van der Waals surface area contributed by atoms with Gasteiger partial charge in [-0.1, -0.05) is 48.4 Å². The molecule has 0 heterocycles. The Balaban J connectivity index is 3.75. The quantitative estimate of drug-likeness (QED) is 0.627. The number of unbranched alkanes of at least 4 members (excludes halogenated alkanes) is 1. The maximum absolute atomic E-state index is 10.9. The topological polar surface area (TPSA) is 46.5 Å². The zero-order valence-electron chi connectivity index (χ0n) is 14.0. The second-order valence-electron chi connectivity index (χ2n) is 4.67. The molecule has 0 bridgehead atoms. The molecule has 23 heavy (non-hydrogen) atoms. The van der Waals surface area contributed by atoms with Crippen LogP contribution in [0.15, 0.2) is 0 Å². The molecule has 0 amide bonds. The summed E-state index contributed by atoms with van der Waals surface area (Å²) in [7, 11) is 1.33. The number of hydrogen-bond acceptors (Lipinski definition) is 3. The molecule has 0 spiro atoms. The summed E-state index contributed by atoms with van der Waals surface area (Å²) in [6, 6.07) is 0. The molecule has 122 valence electrons. The van der Waals surface area contributed by atoms with Gasteiger partial charge in [-0.25, -0.2) is 0 Å². The van der Waals surface area contributed by atoms with E-state index in [0.717, 1.165) is 12.8 Å². The lowest BCUT2D eigenvalue weighted by atomic mass is 10.1. The third-order valence-corrected chi connectivity index (χ3v) is 2.65. The Morgan fingerprint density at radius 3 is 2.00 bits per heavy atom. The molecular weight excluding hydrogens is 288 g/mol. The Labute approximate surface area is 140 Å². The molecule has 0 aliphatic heterocycles. The number of ether oxygens (including phenoxy) is 1. The molecule has 0 saturated carbocycles. The summed E-state index contributed by atoms with van der Waals surface area (Å²) in [5.41, 5.74) is 0. The van der Waals surface area contributed by atoms with Gasteiger partial charge in [0.05, 0.1) is 32.5 Å². The molecule has 0 rings (SSSR count). The molecule has 3 heteroatoms. The predicted molar refractivity (Wildman–Crippen MR) is 91.7 cm³/mol. The fraction of sp³-hybridized carbons (Fsp3) is 0.550. The van der Waals surface area contributed by atoms with Crippen molar-refractivity contribution in [2.45, 2.75) is 64.4 Å². The van der Waals surface area contributed by atoms with Crippen molar-refractivity contribution in [2.75, 3.05) is 7.11 Å². The lowest BCUT2D eigenvalue weighted by Crippen LogP contribution is -2.09. The lowest BCUT2D eigenvalue weighted by Gasteiger charge is -2.04. The van der Waals surface area contributed by atoms with Gasteiger partial charge in [0.25, 0.3) is 0 Å². The number of hydrogen-bond donors (Lipinski definition) is 1. The summed E-state index contributed by atoms with van der Waals surface area (Å²) in [5.74, 6) is 23.2. The van der Waals surface area contributed by atoms with Gasteiger partial charge in [-0.05, 0) is 12.8 Å². The van der Waals surface area contributed by atoms with Gasteiger partial charge in [0.2, 0.25) is 0 Å². The summed E-state index contributed by atoms with van der Waals surface area (Å²) >= 11 is 0. The first-order chi connectivity index (χ1) is 11.2. The van der Waals surface area contributed by atoms with Crippen LogP contribution in [0.3, 0.4) is 0 Å². The Hall–Kier alpha value is -2.33. The molecule has 0 aromatic heterocycles. The van der Waals surface area contributed by atoms with Crippen LogP contribution in [0.25, 0.3) is 0 Å². The van der Waals surface area contributed by atoms with Gasteiger partial charge in [-0.3, -0.25) is 4.79 Å². The minimum Gasteiger partial charge on any atom is -0.469 e. The standard InChI is InChI=1S/C20H24O3/c1-3-4-5-6-7-8-9-10-11-12-13-14-15-16-19(21)17-18-20(22)23-2/h19,21H,3-4,7,10,13,16-18H2,1-2H3. The molecule has 0 aromatic carbocycles. The molecule has 3 nitrogen and oxygen atoms in total. The Morgan fingerprint density at radius 2 is 1.48 bits per heavy atom. The second kappa shape index (κ2) is 16.0. The highest BCUT2D eigenvalue weighted by Crippen LogP contribution is 2.01. The van der Waals surface area contributed by atoms with Crippen LogP contribution in [0, 0.1) is 47.4 Å². The number of aliphatic hydroxyl groups is 1. The SMILES string of the molecule is CCCC#CCC#CCC#CCC#CCC(O)CCC(=O)OC.